The van der Waals surface area contributed by atoms with Crippen molar-refractivity contribution in [3.63, 3.8) is 0 Å². The smallest absolute Gasteiger partial charge is 0.338 e. The van der Waals surface area contributed by atoms with Crippen LogP contribution in [0, 0.1) is 18.3 Å². The summed E-state index contributed by atoms with van der Waals surface area (Å²) < 4.78 is 5.67. The van der Waals surface area contributed by atoms with Crippen molar-refractivity contribution < 1.29 is 9.53 Å². The molecule has 0 fully saturated rings. The monoisotopic (exact) mass is 333 g/mol. The molecule has 0 N–H and O–H groups in total. The van der Waals surface area contributed by atoms with E-state index in [2.05, 4.69) is 6.07 Å². The SMILES string of the molecule is Cc1ccc(C(=O)O[C@@H](/C=C/c2ccccc2)CCCCC#N)cc1. The first-order valence-corrected chi connectivity index (χ1v) is 8.57. The van der Waals surface area contributed by atoms with Crippen LogP contribution in [0.4, 0.5) is 0 Å². The molecule has 0 aliphatic carbocycles. The quantitative estimate of drug-likeness (QED) is 0.485. The minimum Gasteiger partial charge on any atom is -0.455 e. The molecule has 0 aliphatic heterocycles. The van der Waals surface area contributed by atoms with Gasteiger partial charge in [-0.1, -0.05) is 54.1 Å². The van der Waals surface area contributed by atoms with E-state index in [1.165, 1.54) is 0 Å². The van der Waals surface area contributed by atoms with Crippen molar-refractivity contribution in [2.75, 3.05) is 0 Å². The van der Waals surface area contributed by atoms with Crippen LogP contribution < -0.4 is 0 Å². The molecule has 0 heterocycles. The summed E-state index contributed by atoms with van der Waals surface area (Å²) in [5, 5.41) is 8.65. The number of nitriles is 1. The second-order valence-corrected chi connectivity index (χ2v) is 5.98. The third-order valence-corrected chi connectivity index (χ3v) is 3.88. The first-order valence-electron chi connectivity index (χ1n) is 8.57. The second kappa shape index (κ2) is 10.1. The lowest BCUT2D eigenvalue weighted by Gasteiger charge is -2.14. The summed E-state index contributed by atoms with van der Waals surface area (Å²) in [5.41, 5.74) is 2.73. The zero-order valence-corrected chi connectivity index (χ0v) is 14.5. The van der Waals surface area contributed by atoms with E-state index in [0.29, 0.717) is 18.4 Å². The van der Waals surface area contributed by atoms with E-state index >= 15 is 0 Å². The molecule has 0 saturated carbocycles. The summed E-state index contributed by atoms with van der Waals surface area (Å²) in [6.07, 6.45) is 6.49. The molecule has 0 aliphatic rings. The van der Waals surface area contributed by atoms with Crippen LogP contribution in [0.1, 0.15) is 47.2 Å². The topological polar surface area (TPSA) is 50.1 Å². The Morgan fingerprint density at radius 1 is 1.12 bits per heavy atom. The Bertz CT molecular complexity index is 727. The van der Waals surface area contributed by atoms with Gasteiger partial charge in [-0.25, -0.2) is 4.79 Å². The highest BCUT2D eigenvalue weighted by Crippen LogP contribution is 2.14. The predicted octanol–water partition coefficient (Wildman–Crippen LogP) is 5.32. The summed E-state index contributed by atoms with van der Waals surface area (Å²) in [5.74, 6) is -0.317. The number of benzene rings is 2. The first kappa shape index (κ1) is 18.5. The zero-order valence-electron chi connectivity index (χ0n) is 14.5. The Kier molecular flexibility index (Phi) is 7.46. The third kappa shape index (κ3) is 6.64. The fourth-order valence-electron chi connectivity index (χ4n) is 2.42. The number of aryl methyl sites for hydroxylation is 1. The molecule has 128 valence electrons. The largest absolute Gasteiger partial charge is 0.455 e. The van der Waals surface area contributed by atoms with Crippen molar-refractivity contribution in [2.24, 2.45) is 0 Å². The minimum atomic E-state index is -0.317. The molecule has 1 atom stereocenters. The van der Waals surface area contributed by atoms with Gasteiger partial charge in [0, 0.05) is 6.42 Å². The Labute approximate surface area is 149 Å². The van der Waals surface area contributed by atoms with Crippen LogP contribution in [0.15, 0.2) is 60.7 Å². The predicted molar refractivity (Wildman–Crippen MR) is 99.9 cm³/mol. The Hall–Kier alpha value is -2.86. The molecule has 2 aromatic carbocycles. The molecule has 0 unspecified atom stereocenters. The van der Waals surface area contributed by atoms with Gasteiger partial charge >= 0.3 is 5.97 Å². The second-order valence-electron chi connectivity index (χ2n) is 5.98. The Morgan fingerprint density at radius 3 is 2.52 bits per heavy atom. The van der Waals surface area contributed by atoms with Gasteiger partial charge in [-0.2, -0.15) is 5.26 Å². The number of unbranched alkanes of at least 4 members (excludes halogenated alkanes) is 2. The number of carbonyl (C=O) groups excluding carboxylic acids is 1. The minimum absolute atomic E-state index is 0.298. The number of nitrogens with zero attached hydrogens (tertiary/aromatic N) is 1. The zero-order chi connectivity index (χ0) is 17.9. The van der Waals surface area contributed by atoms with Gasteiger partial charge in [-0.05, 0) is 50.0 Å². The first-order chi connectivity index (χ1) is 12.2. The molecular weight excluding hydrogens is 310 g/mol. The molecule has 0 bridgehead atoms. The van der Waals surface area contributed by atoms with Gasteiger partial charge in [0.25, 0.3) is 0 Å². The molecule has 0 saturated heterocycles. The highest BCUT2D eigenvalue weighted by atomic mass is 16.5. The summed E-state index contributed by atoms with van der Waals surface area (Å²) in [4.78, 5) is 12.4. The van der Waals surface area contributed by atoms with Crippen LogP contribution >= 0.6 is 0 Å². The number of rotatable bonds is 8. The lowest BCUT2D eigenvalue weighted by Crippen LogP contribution is -2.16. The summed E-state index contributed by atoms with van der Waals surface area (Å²) in [6, 6.07) is 19.4. The van der Waals surface area contributed by atoms with Gasteiger partial charge in [0.1, 0.15) is 6.10 Å². The molecule has 0 aromatic heterocycles. The maximum absolute atomic E-state index is 12.4. The van der Waals surface area contributed by atoms with Crippen molar-refractivity contribution in [1.82, 2.24) is 0 Å². The fourth-order valence-corrected chi connectivity index (χ4v) is 2.42. The number of carbonyl (C=O) groups is 1. The van der Waals surface area contributed by atoms with E-state index in [1.54, 1.807) is 12.1 Å². The van der Waals surface area contributed by atoms with Gasteiger partial charge in [0.05, 0.1) is 11.6 Å². The van der Waals surface area contributed by atoms with E-state index in [-0.39, 0.29) is 12.1 Å². The Morgan fingerprint density at radius 2 is 1.84 bits per heavy atom. The van der Waals surface area contributed by atoms with Crippen molar-refractivity contribution >= 4 is 12.0 Å². The van der Waals surface area contributed by atoms with Crippen LogP contribution in [-0.4, -0.2) is 12.1 Å². The van der Waals surface area contributed by atoms with Crippen LogP contribution in [-0.2, 0) is 4.74 Å². The van der Waals surface area contributed by atoms with Gasteiger partial charge in [-0.15, -0.1) is 0 Å². The van der Waals surface area contributed by atoms with Crippen LogP contribution in [0.25, 0.3) is 6.08 Å². The number of esters is 1. The van der Waals surface area contributed by atoms with E-state index in [4.69, 9.17) is 10.00 Å². The molecule has 3 heteroatoms. The summed E-state index contributed by atoms with van der Waals surface area (Å²) >= 11 is 0. The number of hydrogen-bond acceptors (Lipinski definition) is 3. The van der Waals surface area contributed by atoms with Crippen LogP contribution in [0.3, 0.4) is 0 Å². The van der Waals surface area contributed by atoms with Gasteiger partial charge in [-0.3, -0.25) is 0 Å². The number of hydrogen-bond donors (Lipinski definition) is 0. The van der Waals surface area contributed by atoms with Crippen molar-refractivity contribution in [2.45, 2.75) is 38.7 Å². The molecular formula is C22H23NO2. The average Bonchev–Trinajstić information content (AvgIpc) is 2.64. The molecule has 25 heavy (non-hydrogen) atoms. The van der Waals surface area contributed by atoms with E-state index in [0.717, 1.165) is 24.0 Å². The maximum Gasteiger partial charge on any atom is 0.338 e. The van der Waals surface area contributed by atoms with Crippen LogP contribution in [0.2, 0.25) is 0 Å². The van der Waals surface area contributed by atoms with E-state index < -0.39 is 0 Å². The Balaban J connectivity index is 2.02. The molecule has 0 spiro atoms. The summed E-state index contributed by atoms with van der Waals surface area (Å²) in [6.45, 7) is 1.98. The maximum atomic E-state index is 12.4. The van der Waals surface area contributed by atoms with Crippen molar-refractivity contribution in [3.05, 3.63) is 77.4 Å². The van der Waals surface area contributed by atoms with E-state index in [9.17, 15) is 4.79 Å². The van der Waals surface area contributed by atoms with Gasteiger partial charge in [0.15, 0.2) is 0 Å². The van der Waals surface area contributed by atoms with Crippen molar-refractivity contribution in [1.29, 1.82) is 5.26 Å². The van der Waals surface area contributed by atoms with Crippen LogP contribution in [0.5, 0.6) is 0 Å². The molecule has 2 rings (SSSR count). The van der Waals surface area contributed by atoms with Gasteiger partial charge < -0.3 is 4.74 Å². The highest BCUT2D eigenvalue weighted by Gasteiger charge is 2.13. The molecule has 2 aromatic rings. The standard InChI is InChI=1S/C22H23NO2/c1-18-11-14-20(15-12-18)22(24)25-21(10-6-3-7-17-23)16-13-19-8-4-2-5-9-19/h2,4-5,8-9,11-16,21H,3,6-7,10H2,1H3/b16-13+/t21-/m1/s1. The third-order valence-electron chi connectivity index (χ3n) is 3.88. The van der Waals surface area contributed by atoms with E-state index in [1.807, 2.05) is 61.5 Å². The molecule has 0 amide bonds. The normalized spacial score (nSPS) is 11.8. The fraction of sp³-hybridized carbons (Fsp3) is 0.273. The summed E-state index contributed by atoms with van der Waals surface area (Å²) in [7, 11) is 0. The average molecular weight is 333 g/mol. The number of ether oxygens (including phenoxy) is 1. The molecule has 0 radical (unpaired) electrons. The highest BCUT2D eigenvalue weighted by molar-refractivity contribution is 5.89. The van der Waals surface area contributed by atoms with Crippen molar-refractivity contribution in [3.8, 4) is 6.07 Å². The molecule has 3 nitrogen and oxygen atoms in total. The lowest BCUT2D eigenvalue weighted by molar-refractivity contribution is 0.0378. The lowest BCUT2D eigenvalue weighted by atomic mass is 10.1. The van der Waals surface area contributed by atoms with Gasteiger partial charge in [0.2, 0.25) is 0 Å².